The maximum Gasteiger partial charge on any atom is 0.410 e. The summed E-state index contributed by atoms with van der Waals surface area (Å²) in [7, 11) is -3.56. The third kappa shape index (κ3) is 3.36. The number of aromatic nitrogens is 1. The van der Waals surface area contributed by atoms with Crippen LogP contribution in [-0.4, -0.2) is 48.3 Å². The standard InChI is InChI=1S/C14H17N3O4S/c1-14(2,3)21-13(18)17-8-12(9-17)22(19,20)11-5-4-10(6-15)16-7-11/h4-5,7,12H,8-9H2,1-3H3. The molecule has 7 nitrogen and oxygen atoms in total. The molecular weight excluding hydrogens is 306 g/mol. The van der Waals surface area contributed by atoms with Gasteiger partial charge in [0.15, 0.2) is 9.84 Å². The zero-order valence-corrected chi connectivity index (χ0v) is 13.4. The molecule has 0 aliphatic carbocycles. The maximum atomic E-state index is 12.4. The Bertz CT molecular complexity index is 708. The summed E-state index contributed by atoms with van der Waals surface area (Å²) < 4.78 is 29.9. The van der Waals surface area contributed by atoms with Crippen LogP contribution < -0.4 is 0 Å². The van der Waals surface area contributed by atoms with Crippen LogP contribution in [0.15, 0.2) is 23.2 Å². The van der Waals surface area contributed by atoms with E-state index < -0.39 is 26.8 Å². The number of pyridine rings is 1. The highest BCUT2D eigenvalue weighted by atomic mass is 32.2. The predicted octanol–water partition coefficient (Wildman–Crippen LogP) is 1.35. The van der Waals surface area contributed by atoms with Crippen LogP contribution in [-0.2, 0) is 14.6 Å². The first-order valence-electron chi connectivity index (χ1n) is 6.71. The Labute approximate surface area is 129 Å². The molecule has 0 radical (unpaired) electrons. The van der Waals surface area contributed by atoms with Gasteiger partial charge >= 0.3 is 6.09 Å². The molecule has 0 atom stereocenters. The third-order valence-electron chi connectivity index (χ3n) is 3.12. The van der Waals surface area contributed by atoms with Crippen LogP contribution in [0.3, 0.4) is 0 Å². The summed E-state index contributed by atoms with van der Waals surface area (Å²) in [5.41, 5.74) is -0.458. The van der Waals surface area contributed by atoms with E-state index in [-0.39, 0.29) is 23.7 Å². The summed E-state index contributed by atoms with van der Waals surface area (Å²) >= 11 is 0. The van der Waals surface area contributed by atoms with E-state index in [2.05, 4.69) is 4.98 Å². The topological polar surface area (TPSA) is 100 Å². The van der Waals surface area contributed by atoms with Crippen molar-refractivity contribution in [1.82, 2.24) is 9.88 Å². The van der Waals surface area contributed by atoms with E-state index in [9.17, 15) is 13.2 Å². The smallest absolute Gasteiger partial charge is 0.410 e. The van der Waals surface area contributed by atoms with Crippen LogP contribution >= 0.6 is 0 Å². The molecular formula is C14H17N3O4S. The summed E-state index contributed by atoms with van der Waals surface area (Å²) in [4.78, 5) is 17.0. The van der Waals surface area contributed by atoms with E-state index in [0.29, 0.717) is 0 Å². The van der Waals surface area contributed by atoms with Crippen molar-refractivity contribution in [2.75, 3.05) is 13.1 Å². The highest BCUT2D eigenvalue weighted by molar-refractivity contribution is 7.92. The molecule has 0 aromatic carbocycles. The monoisotopic (exact) mass is 323 g/mol. The molecule has 118 valence electrons. The van der Waals surface area contributed by atoms with Gasteiger partial charge in [0, 0.05) is 19.3 Å². The van der Waals surface area contributed by atoms with Crippen molar-refractivity contribution in [2.45, 2.75) is 36.5 Å². The fourth-order valence-electron chi connectivity index (χ4n) is 1.92. The van der Waals surface area contributed by atoms with Gasteiger partial charge in [0.05, 0.1) is 4.90 Å². The molecule has 1 amide bonds. The number of hydrogen-bond donors (Lipinski definition) is 0. The van der Waals surface area contributed by atoms with E-state index in [1.165, 1.54) is 23.2 Å². The minimum absolute atomic E-state index is 0.0559. The number of likely N-dealkylation sites (tertiary alicyclic amines) is 1. The first-order chi connectivity index (χ1) is 10.1. The second kappa shape index (κ2) is 5.57. The summed E-state index contributed by atoms with van der Waals surface area (Å²) in [6.07, 6.45) is 0.654. The van der Waals surface area contributed by atoms with Gasteiger partial charge in [-0.2, -0.15) is 5.26 Å². The Morgan fingerprint density at radius 1 is 1.41 bits per heavy atom. The van der Waals surface area contributed by atoms with Gasteiger partial charge in [0.1, 0.15) is 22.6 Å². The lowest BCUT2D eigenvalue weighted by Gasteiger charge is -2.39. The lowest BCUT2D eigenvalue weighted by Crippen LogP contribution is -2.57. The van der Waals surface area contributed by atoms with Crippen molar-refractivity contribution in [3.8, 4) is 6.07 Å². The number of ether oxygens (including phenoxy) is 1. The second-order valence-corrected chi connectivity index (χ2v) is 8.27. The average Bonchev–Trinajstić information content (AvgIpc) is 2.34. The van der Waals surface area contributed by atoms with Gasteiger partial charge in [-0.05, 0) is 32.9 Å². The molecule has 1 saturated heterocycles. The Kier molecular flexibility index (Phi) is 4.11. The van der Waals surface area contributed by atoms with E-state index in [0.717, 1.165) is 0 Å². The normalized spacial score (nSPS) is 15.8. The molecule has 1 aromatic rings. The van der Waals surface area contributed by atoms with Gasteiger partial charge in [-0.15, -0.1) is 0 Å². The van der Waals surface area contributed by atoms with Crippen molar-refractivity contribution in [1.29, 1.82) is 5.26 Å². The average molecular weight is 323 g/mol. The zero-order valence-electron chi connectivity index (χ0n) is 12.6. The maximum absolute atomic E-state index is 12.4. The van der Waals surface area contributed by atoms with E-state index in [1.807, 2.05) is 6.07 Å². The Hall–Kier alpha value is -2.14. The van der Waals surface area contributed by atoms with Gasteiger partial charge < -0.3 is 9.64 Å². The van der Waals surface area contributed by atoms with Crippen molar-refractivity contribution >= 4 is 15.9 Å². The largest absolute Gasteiger partial charge is 0.444 e. The first kappa shape index (κ1) is 16.2. The van der Waals surface area contributed by atoms with Gasteiger partial charge in [0.25, 0.3) is 0 Å². The molecule has 1 fully saturated rings. The lowest BCUT2D eigenvalue weighted by molar-refractivity contribution is 0.0139. The lowest BCUT2D eigenvalue weighted by atomic mass is 10.2. The van der Waals surface area contributed by atoms with Crippen LogP contribution in [0.4, 0.5) is 4.79 Å². The number of nitrogens with zero attached hydrogens (tertiary/aromatic N) is 3. The summed E-state index contributed by atoms with van der Waals surface area (Å²) in [5, 5.41) is 7.99. The molecule has 8 heteroatoms. The van der Waals surface area contributed by atoms with Crippen LogP contribution in [0.2, 0.25) is 0 Å². The van der Waals surface area contributed by atoms with Gasteiger partial charge in [-0.3, -0.25) is 0 Å². The predicted molar refractivity (Wildman–Crippen MR) is 77.7 cm³/mol. The third-order valence-corrected chi connectivity index (χ3v) is 5.19. The zero-order chi connectivity index (χ0) is 16.5. The van der Waals surface area contributed by atoms with Gasteiger partial charge in [0.2, 0.25) is 0 Å². The molecule has 2 rings (SSSR count). The Balaban J connectivity index is 2.02. The molecule has 1 aliphatic rings. The highest BCUT2D eigenvalue weighted by Crippen LogP contribution is 2.25. The van der Waals surface area contributed by atoms with E-state index in [4.69, 9.17) is 10.00 Å². The summed E-state index contributed by atoms with van der Waals surface area (Å²) in [5.74, 6) is 0. The van der Waals surface area contributed by atoms with E-state index in [1.54, 1.807) is 20.8 Å². The molecule has 0 N–H and O–H groups in total. The van der Waals surface area contributed by atoms with Crippen molar-refractivity contribution in [2.24, 2.45) is 0 Å². The molecule has 0 saturated carbocycles. The minimum atomic E-state index is -3.56. The second-order valence-electron chi connectivity index (χ2n) is 6.04. The van der Waals surface area contributed by atoms with Gasteiger partial charge in [-0.1, -0.05) is 0 Å². The Morgan fingerprint density at radius 3 is 2.50 bits per heavy atom. The van der Waals surface area contributed by atoms with Crippen molar-refractivity contribution in [3.63, 3.8) is 0 Å². The number of hydrogen-bond acceptors (Lipinski definition) is 6. The number of nitriles is 1. The molecule has 22 heavy (non-hydrogen) atoms. The van der Waals surface area contributed by atoms with E-state index >= 15 is 0 Å². The molecule has 0 spiro atoms. The SMILES string of the molecule is CC(C)(C)OC(=O)N1CC(S(=O)(=O)c2ccc(C#N)nc2)C1. The first-order valence-corrected chi connectivity index (χ1v) is 8.26. The molecule has 2 heterocycles. The van der Waals surface area contributed by atoms with Crippen molar-refractivity contribution < 1.29 is 17.9 Å². The van der Waals surface area contributed by atoms with Crippen LogP contribution in [0.1, 0.15) is 26.5 Å². The fourth-order valence-corrected chi connectivity index (χ4v) is 3.51. The number of sulfone groups is 1. The number of amides is 1. The number of carbonyl (C=O) groups is 1. The molecule has 0 unspecified atom stereocenters. The minimum Gasteiger partial charge on any atom is -0.444 e. The fraction of sp³-hybridized carbons (Fsp3) is 0.500. The molecule has 1 aromatic heterocycles. The molecule has 1 aliphatic heterocycles. The van der Waals surface area contributed by atoms with Crippen LogP contribution in [0, 0.1) is 11.3 Å². The quantitative estimate of drug-likeness (QED) is 0.814. The molecule has 0 bridgehead atoms. The highest BCUT2D eigenvalue weighted by Gasteiger charge is 2.42. The summed E-state index contributed by atoms with van der Waals surface area (Å²) in [6, 6.07) is 4.55. The Morgan fingerprint density at radius 2 is 2.05 bits per heavy atom. The van der Waals surface area contributed by atoms with Crippen molar-refractivity contribution in [3.05, 3.63) is 24.0 Å². The van der Waals surface area contributed by atoms with Gasteiger partial charge in [-0.25, -0.2) is 18.2 Å². The van der Waals surface area contributed by atoms with Crippen LogP contribution in [0.5, 0.6) is 0 Å². The summed E-state index contributed by atoms with van der Waals surface area (Å²) in [6.45, 7) is 5.44. The number of carbonyl (C=O) groups excluding carboxylic acids is 1. The number of rotatable bonds is 2. The van der Waals surface area contributed by atoms with Crippen LogP contribution in [0.25, 0.3) is 0 Å².